The number of nitrogens with two attached hydrogens (primary N) is 1. The summed E-state index contributed by atoms with van der Waals surface area (Å²) in [7, 11) is 1.86. The predicted octanol–water partition coefficient (Wildman–Crippen LogP) is 1.14. The van der Waals surface area contributed by atoms with Gasteiger partial charge in [-0.05, 0) is 6.07 Å². The summed E-state index contributed by atoms with van der Waals surface area (Å²) in [5.41, 5.74) is 6.31. The highest BCUT2D eigenvalue weighted by Crippen LogP contribution is 2.14. The topological polar surface area (TPSA) is 68.8 Å². The van der Waals surface area contributed by atoms with Crippen molar-refractivity contribution >= 4 is 17.3 Å². The van der Waals surface area contributed by atoms with E-state index in [1.807, 2.05) is 13.1 Å². The van der Waals surface area contributed by atoms with Crippen molar-refractivity contribution in [3.05, 3.63) is 30.6 Å². The molecule has 5 heteroatoms. The fraction of sp³-hybridized carbons (Fsp3) is 0.111. The Labute approximate surface area is 81.6 Å². The molecule has 2 aromatic heterocycles. The molecule has 0 atom stereocenters. The zero-order valence-electron chi connectivity index (χ0n) is 7.81. The Balaban J connectivity index is 2.23. The minimum Gasteiger partial charge on any atom is -0.399 e. The van der Waals surface area contributed by atoms with E-state index in [0.29, 0.717) is 11.5 Å². The second-order valence-corrected chi connectivity index (χ2v) is 2.94. The van der Waals surface area contributed by atoms with E-state index < -0.39 is 0 Å². The van der Waals surface area contributed by atoms with Gasteiger partial charge in [0.05, 0.1) is 6.20 Å². The molecule has 0 radical (unpaired) electrons. The molecule has 0 saturated heterocycles. The van der Waals surface area contributed by atoms with Crippen LogP contribution >= 0.6 is 0 Å². The molecule has 5 nitrogen and oxygen atoms in total. The second kappa shape index (κ2) is 3.37. The number of aromatic nitrogens is 3. The first kappa shape index (κ1) is 8.55. The lowest BCUT2D eigenvalue weighted by Gasteiger charge is -2.05. The molecular weight excluding hydrogens is 178 g/mol. The molecule has 0 unspecified atom stereocenters. The summed E-state index contributed by atoms with van der Waals surface area (Å²) in [6.07, 6.45) is 3.38. The summed E-state index contributed by atoms with van der Waals surface area (Å²) in [6, 6.07) is 5.38. The Bertz CT molecular complexity index is 434. The van der Waals surface area contributed by atoms with Gasteiger partial charge in [0.1, 0.15) is 11.6 Å². The number of pyridine rings is 1. The molecule has 0 amide bonds. The van der Waals surface area contributed by atoms with E-state index in [1.165, 1.54) is 0 Å². The fourth-order valence-corrected chi connectivity index (χ4v) is 1.14. The van der Waals surface area contributed by atoms with Gasteiger partial charge in [-0.2, -0.15) is 5.10 Å². The average Bonchev–Trinajstić information content (AvgIpc) is 2.52. The number of rotatable bonds is 2. The summed E-state index contributed by atoms with van der Waals surface area (Å²) < 4.78 is 1.73. The van der Waals surface area contributed by atoms with Crippen LogP contribution in [0.25, 0.3) is 0 Å². The van der Waals surface area contributed by atoms with Crippen molar-refractivity contribution in [2.45, 2.75) is 0 Å². The van der Waals surface area contributed by atoms with Crippen LogP contribution in [0.1, 0.15) is 0 Å². The van der Waals surface area contributed by atoms with Crippen LogP contribution in [0.4, 0.5) is 17.3 Å². The van der Waals surface area contributed by atoms with Crippen LogP contribution in [0.3, 0.4) is 0 Å². The minimum absolute atomic E-state index is 0.685. The van der Waals surface area contributed by atoms with Crippen molar-refractivity contribution in [1.29, 1.82) is 0 Å². The summed E-state index contributed by atoms with van der Waals surface area (Å²) in [6.45, 7) is 0. The summed E-state index contributed by atoms with van der Waals surface area (Å²) in [5, 5.41) is 7.13. The molecule has 72 valence electrons. The van der Waals surface area contributed by atoms with E-state index in [-0.39, 0.29) is 0 Å². The van der Waals surface area contributed by atoms with Crippen molar-refractivity contribution < 1.29 is 0 Å². The molecule has 0 aromatic carbocycles. The molecule has 14 heavy (non-hydrogen) atoms. The van der Waals surface area contributed by atoms with Crippen molar-refractivity contribution in [2.24, 2.45) is 7.05 Å². The van der Waals surface area contributed by atoms with E-state index in [4.69, 9.17) is 5.73 Å². The van der Waals surface area contributed by atoms with Crippen LogP contribution in [-0.2, 0) is 7.05 Å². The number of aryl methyl sites for hydroxylation is 1. The normalized spacial score (nSPS) is 10.1. The summed E-state index contributed by atoms with van der Waals surface area (Å²) >= 11 is 0. The Morgan fingerprint density at radius 1 is 1.36 bits per heavy atom. The van der Waals surface area contributed by atoms with E-state index in [1.54, 1.807) is 29.2 Å². The summed E-state index contributed by atoms with van der Waals surface area (Å²) in [5.74, 6) is 1.59. The molecule has 3 N–H and O–H groups in total. The number of hydrogen-bond acceptors (Lipinski definition) is 4. The zero-order chi connectivity index (χ0) is 9.97. The average molecular weight is 189 g/mol. The molecule has 0 aliphatic heterocycles. The molecular formula is C9H11N5. The Kier molecular flexibility index (Phi) is 2.06. The Morgan fingerprint density at radius 3 is 2.86 bits per heavy atom. The van der Waals surface area contributed by atoms with E-state index >= 15 is 0 Å². The van der Waals surface area contributed by atoms with Gasteiger partial charge in [0.2, 0.25) is 0 Å². The van der Waals surface area contributed by atoms with Gasteiger partial charge < -0.3 is 11.1 Å². The highest BCUT2D eigenvalue weighted by Gasteiger charge is 1.99. The minimum atomic E-state index is 0.685. The van der Waals surface area contributed by atoms with E-state index in [9.17, 15) is 0 Å². The smallest absolute Gasteiger partial charge is 0.133 e. The third kappa shape index (κ3) is 1.66. The maximum Gasteiger partial charge on any atom is 0.133 e. The monoisotopic (exact) mass is 189 g/mol. The zero-order valence-corrected chi connectivity index (χ0v) is 7.81. The molecule has 0 aliphatic carbocycles. The van der Waals surface area contributed by atoms with Gasteiger partial charge >= 0.3 is 0 Å². The van der Waals surface area contributed by atoms with Gasteiger partial charge in [0, 0.05) is 31.1 Å². The fourth-order valence-electron chi connectivity index (χ4n) is 1.14. The van der Waals surface area contributed by atoms with Crippen molar-refractivity contribution in [2.75, 3.05) is 11.1 Å². The molecule has 0 aliphatic rings. The van der Waals surface area contributed by atoms with Gasteiger partial charge in [-0.15, -0.1) is 0 Å². The third-order valence-electron chi connectivity index (χ3n) is 1.86. The Hall–Kier alpha value is -2.04. The third-order valence-corrected chi connectivity index (χ3v) is 1.86. The van der Waals surface area contributed by atoms with Crippen molar-refractivity contribution in [3.63, 3.8) is 0 Å². The number of nitrogens with one attached hydrogen (secondary N) is 1. The van der Waals surface area contributed by atoms with Crippen LogP contribution in [0.2, 0.25) is 0 Å². The van der Waals surface area contributed by atoms with Gasteiger partial charge in [0.25, 0.3) is 0 Å². The van der Waals surface area contributed by atoms with Crippen LogP contribution in [-0.4, -0.2) is 14.8 Å². The first-order valence-electron chi connectivity index (χ1n) is 4.22. The Morgan fingerprint density at radius 2 is 2.21 bits per heavy atom. The first-order valence-corrected chi connectivity index (χ1v) is 4.22. The quantitative estimate of drug-likeness (QED) is 0.743. The number of hydrogen-bond donors (Lipinski definition) is 2. The number of nitrogen functional groups attached to an aromatic ring is 1. The lowest BCUT2D eigenvalue weighted by atomic mass is 10.4. The molecule has 0 spiro atoms. The van der Waals surface area contributed by atoms with Gasteiger partial charge in [-0.3, -0.25) is 4.68 Å². The summed E-state index contributed by atoms with van der Waals surface area (Å²) in [4.78, 5) is 4.12. The largest absolute Gasteiger partial charge is 0.399 e. The molecule has 2 heterocycles. The lowest BCUT2D eigenvalue weighted by molar-refractivity contribution is 0.776. The van der Waals surface area contributed by atoms with Crippen molar-refractivity contribution in [3.8, 4) is 0 Å². The van der Waals surface area contributed by atoms with Crippen LogP contribution < -0.4 is 11.1 Å². The second-order valence-electron chi connectivity index (χ2n) is 2.94. The van der Waals surface area contributed by atoms with Gasteiger partial charge in [-0.25, -0.2) is 4.98 Å². The highest BCUT2D eigenvalue weighted by molar-refractivity contribution is 5.56. The SMILES string of the molecule is Cn1nccc1Nc1cc(N)ccn1. The lowest BCUT2D eigenvalue weighted by Crippen LogP contribution is -2.00. The number of anilines is 3. The van der Waals surface area contributed by atoms with Gasteiger partial charge in [-0.1, -0.05) is 0 Å². The number of nitrogens with zero attached hydrogens (tertiary/aromatic N) is 3. The first-order chi connectivity index (χ1) is 6.75. The molecule has 0 saturated carbocycles. The van der Waals surface area contributed by atoms with Crippen LogP contribution in [0.15, 0.2) is 30.6 Å². The maximum atomic E-state index is 5.62. The highest BCUT2D eigenvalue weighted by atomic mass is 15.3. The van der Waals surface area contributed by atoms with Crippen LogP contribution in [0.5, 0.6) is 0 Å². The molecule has 2 rings (SSSR count). The van der Waals surface area contributed by atoms with E-state index in [0.717, 1.165) is 5.82 Å². The molecule has 2 aromatic rings. The maximum absolute atomic E-state index is 5.62. The standard InChI is InChI=1S/C9H11N5/c1-14-9(3-5-12-14)13-8-6-7(10)2-4-11-8/h2-6H,1H3,(H3,10,11,13). The van der Waals surface area contributed by atoms with Gasteiger partial charge in [0.15, 0.2) is 0 Å². The predicted molar refractivity (Wildman–Crippen MR) is 55.1 cm³/mol. The molecule has 0 bridgehead atoms. The van der Waals surface area contributed by atoms with E-state index in [2.05, 4.69) is 15.4 Å². The molecule has 0 fully saturated rings. The van der Waals surface area contributed by atoms with Crippen LogP contribution in [0, 0.1) is 0 Å². The van der Waals surface area contributed by atoms with Crippen molar-refractivity contribution in [1.82, 2.24) is 14.8 Å².